The van der Waals surface area contributed by atoms with Crippen LogP contribution in [0.1, 0.15) is 406 Å². The lowest BCUT2D eigenvalue weighted by atomic mass is 10.0. The molecular weight excluding hydrogens is 947 g/mol. The number of amides is 1. The number of aliphatic hydroxyl groups excluding tert-OH is 2. The van der Waals surface area contributed by atoms with E-state index in [-0.39, 0.29) is 18.5 Å². The van der Waals surface area contributed by atoms with Gasteiger partial charge in [0.1, 0.15) is 0 Å². The van der Waals surface area contributed by atoms with Gasteiger partial charge >= 0.3 is 5.97 Å². The zero-order chi connectivity index (χ0) is 55.7. The molecule has 3 N–H and O–H groups in total. The molecule has 0 aromatic carbocycles. The molecule has 0 rings (SSSR count). The minimum Gasteiger partial charge on any atom is -0.466 e. The minimum atomic E-state index is -0.661. The maximum Gasteiger partial charge on any atom is 0.305 e. The number of carbonyl (C=O) groups is 2. The van der Waals surface area contributed by atoms with E-state index in [1.165, 1.54) is 327 Å². The number of carbonyl (C=O) groups excluding carboxylic acids is 2. The van der Waals surface area contributed by atoms with Gasteiger partial charge in [-0.05, 0) is 51.4 Å². The van der Waals surface area contributed by atoms with E-state index in [0.717, 1.165) is 44.9 Å². The highest BCUT2D eigenvalue weighted by molar-refractivity contribution is 5.76. The summed E-state index contributed by atoms with van der Waals surface area (Å²) in [4.78, 5) is 24.6. The molecule has 0 radical (unpaired) electrons. The van der Waals surface area contributed by atoms with E-state index in [1.807, 2.05) is 0 Å². The molecule has 0 saturated heterocycles. The molecule has 6 heteroatoms. The van der Waals surface area contributed by atoms with E-state index in [0.29, 0.717) is 25.9 Å². The van der Waals surface area contributed by atoms with E-state index >= 15 is 0 Å². The van der Waals surface area contributed by atoms with Crippen LogP contribution in [0.15, 0.2) is 12.2 Å². The SMILES string of the molecule is CCCCCCCCC/C=C\CCCCCCCC(=O)OCCCCCCCCCCCCCCCCCCCCCCCCCCCCCCC(=O)NC(CO)C(O)CCCCCCCCCCCCCCCCCC. The fraction of sp³-hybridized carbons (Fsp3) is 0.944. The van der Waals surface area contributed by atoms with Crippen molar-refractivity contribution in [2.75, 3.05) is 13.2 Å². The molecule has 0 aromatic rings. The number of allylic oxidation sites excluding steroid dienone is 2. The van der Waals surface area contributed by atoms with Gasteiger partial charge in [0.05, 0.1) is 25.4 Å². The Balaban J connectivity index is 3.33. The van der Waals surface area contributed by atoms with Crippen molar-refractivity contribution < 1.29 is 24.5 Å². The van der Waals surface area contributed by atoms with Gasteiger partial charge in [-0.2, -0.15) is 0 Å². The predicted molar refractivity (Wildman–Crippen MR) is 338 cm³/mol. The Bertz CT molecular complexity index is 1160. The van der Waals surface area contributed by atoms with Crippen molar-refractivity contribution in [2.24, 2.45) is 0 Å². The molecule has 1 amide bonds. The van der Waals surface area contributed by atoms with Crippen molar-refractivity contribution in [3.05, 3.63) is 12.2 Å². The molecule has 6 nitrogen and oxygen atoms in total. The van der Waals surface area contributed by atoms with Gasteiger partial charge in [-0.25, -0.2) is 0 Å². The molecule has 0 heterocycles. The molecule has 0 aliphatic heterocycles. The van der Waals surface area contributed by atoms with Crippen LogP contribution in [-0.4, -0.2) is 47.4 Å². The predicted octanol–water partition coefficient (Wildman–Crippen LogP) is 22.8. The van der Waals surface area contributed by atoms with Gasteiger partial charge in [-0.15, -0.1) is 0 Å². The third-order valence-electron chi connectivity index (χ3n) is 16.8. The summed E-state index contributed by atoms with van der Waals surface area (Å²) in [6.45, 7) is 4.99. The Morgan fingerprint density at radius 1 is 0.351 bits per heavy atom. The van der Waals surface area contributed by atoms with Gasteiger partial charge in [0.15, 0.2) is 0 Å². The van der Waals surface area contributed by atoms with Crippen LogP contribution < -0.4 is 5.32 Å². The molecule has 0 aromatic heterocycles. The van der Waals surface area contributed by atoms with Crippen LogP contribution in [0, 0.1) is 0 Å². The number of aliphatic hydroxyl groups is 2. The van der Waals surface area contributed by atoms with E-state index in [4.69, 9.17) is 4.74 Å². The first-order valence-corrected chi connectivity index (χ1v) is 35.4. The Kier molecular flexibility index (Phi) is 65.9. The fourth-order valence-electron chi connectivity index (χ4n) is 11.4. The molecule has 0 bridgehead atoms. The number of ether oxygens (including phenoxy) is 1. The van der Waals surface area contributed by atoms with Gasteiger partial charge in [0, 0.05) is 12.8 Å². The molecule has 2 unspecified atom stereocenters. The van der Waals surface area contributed by atoms with Gasteiger partial charge < -0.3 is 20.3 Å². The maximum absolute atomic E-state index is 12.5. The first-order valence-electron chi connectivity index (χ1n) is 35.4. The van der Waals surface area contributed by atoms with Crippen molar-refractivity contribution in [3.63, 3.8) is 0 Å². The highest BCUT2D eigenvalue weighted by atomic mass is 16.5. The Morgan fingerprint density at radius 2 is 0.610 bits per heavy atom. The molecule has 77 heavy (non-hydrogen) atoms. The summed E-state index contributed by atoms with van der Waals surface area (Å²) in [5.41, 5.74) is 0. The number of hydrogen-bond donors (Lipinski definition) is 3. The molecule has 2 atom stereocenters. The number of rotatable bonds is 67. The quantitative estimate of drug-likeness (QED) is 0.0320. The monoisotopic (exact) mass is 1090 g/mol. The maximum atomic E-state index is 12.5. The van der Waals surface area contributed by atoms with Crippen molar-refractivity contribution in [1.29, 1.82) is 0 Å². The Labute approximate surface area is 482 Å². The van der Waals surface area contributed by atoms with Crippen LogP contribution in [-0.2, 0) is 14.3 Å². The third-order valence-corrected chi connectivity index (χ3v) is 16.8. The Hall–Kier alpha value is -1.40. The number of hydrogen-bond acceptors (Lipinski definition) is 5. The highest BCUT2D eigenvalue weighted by Gasteiger charge is 2.20. The standard InChI is InChI=1S/C71H139NO5/c1-3-5-7-9-11-13-15-17-19-35-39-43-47-51-55-59-63-69(74)68(67-73)72-70(75)64-60-56-52-48-44-40-36-33-31-29-27-25-23-21-22-24-26-28-30-32-34-38-42-46-50-54-58-62-66-77-71(76)65-61-57-53-49-45-41-37-20-18-16-14-12-10-8-6-4-2/h20,37,68-69,73-74H,3-19,21-36,38-67H2,1-2H3,(H,72,75)/b37-20-. The summed E-state index contributed by atoms with van der Waals surface area (Å²) < 4.78 is 5.50. The molecule has 0 aliphatic rings. The molecule has 0 saturated carbocycles. The van der Waals surface area contributed by atoms with Crippen molar-refractivity contribution in [3.8, 4) is 0 Å². The van der Waals surface area contributed by atoms with Crippen molar-refractivity contribution in [1.82, 2.24) is 5.32 Å². The smallest absolute Gasteiger partial charge is 0.305 e. The van der Waals surface area contributed by atoms with Crippen LogP contribution in [0.25, 0.3) is 0 Å². The number of esters is 1. The second-order valence-electron chi connectivity index (χ2n) is 24.6. The molecule has 0 aliphatic carbocycles. The van der Waals surface area contributed by atoms with Crippen LogP contribution in [0.3, 0.4) is 0 Å². The summed E-state index contributed by atoms with van der Waals surface area (Å²) >= 11 is 0. The van der Waals surface area contributed by atoms with Crippen LogP contribution >= 0.6 is 0 Å². The zero-order valence-electron chi connectivity index (χ0n) is 52.5. The molecule has 0 fully saturated rings. The van der Waals surface area contributed by atoms with Crippen molar-refractivity contribution >= 4 is 11.9 Å². The summed E-state index contributed by atoms with van der Waals surface area (Å²) in [7, 11) is 0. The van der Waals surface area contributed by atoms with E-state index in [9.17, 15) is 19.8 Å². The van der Waals surface area contributed by atoms with E-state index < -0.39 is 12.1 Å². The first kappa shape index (κ1) is 75.6. The summed E-state index contributed by atoms with van der Waals surface area (Å²) in [5, 5.41) is 23.4. The first-order chi connectivity index (χ1) is 38.0. The minimum absolute atomic E-state index is 0.0124. The Morgan fingerprint density at radius 3 is 0.922 bits per heavy atom. The normalized spacial score (nSPS) is 12.5. The molecule has 0 spiro atoms. The van der Waals surface area contributed by atoms with Crippen LogP contribution in [0.4, 0.5) is 0 Å². The van der Waals surface area contributed by atoms with Gasteiger partial charge in [-0.3, -0.25) is 9.59 Å². The molecular formula is C71H139NO5. The highest BCUT2D eigenvalue weighted by Crippen LogP contribution is 2.19. The molecule has 458 valence electrons. The lowest BCUT2D eigenvalue weighted by Crippen LogP contribution is -2.45. The lowest BCUT2D eigenvalue weighted by Gasteiger charge is -2.22. The zero-order valence-corrected chi connectivity index (χ0v) is 52.5. The van der Waals surface area contributed by atoms with E-state index in [1.54, 1.807) is 0 Å². The third kappa shape index (κ3) is 63.6. The second-order valence-corrected chi connectivity index (χ2v) is 24.6. The van der Waals surface area contributed by atoms with E-state index in [2.05, 4.69) is 31.3 Å². The fourth-order valence-corrected chi connectivity index (χ4v) is 11.4. The van der Waals surface area contributed by atoms with Crippen molar-refractivity contribution in [2.45, 2.75) is 418 Å². The largest absolute Gasteiger partial charge is 0.466 e. The summed E-state index contributed by atoms with van der Waals surface area (Å²) in [5.74, 6) is -0.0158. The average molecular weight is 1090 g/mol. The van der Waals surface area contributed by atoms with Crippen LogP contribution in [0.5, 0.6) is 0 Å². The second kappa shape index (κ2) is 67.1. The van der Waals surface area contributed by atoms with Crippen LogP contribution in [0.2, 0.25) is 0 Å². The average Bonchev–Trinajstić information content (AvgIpc) is 3.43. The van der Waals surface area contributed by atoms with Gasteiger partial charge in [-0.1, -0.05) is 353 Å². The lowest BCUT2D eigenvalue weighted by molar-refractivity contribution is -0.143. The van der Waals surface area contributed by atoms with Gasteiger partial charge in [0.25, 0.3) is 0 Å². The van der Waals surface area contributed by atoms with Gasteiger partial charge in [0.2, 0.25) is 5.91 Å². The number of unbranched alkanes of at least 4 members (excludes halogenated alkanes) is 54. The topological polar surface area (TPSA) is 95.9 Å². The summed E-state index contributed by atoms with van der Waals surface area (Å²) in [6.07, 6.45) is 82.6. The number of nitrogens with one attached hydrogen (secondary N) is 1. The summed E-state index contributed by atoms with van der Waals surface area (Å²) in [6, 6.07) is -0.538.